The average molecular weight is 266 g/mol. The van der Waals surface area contributed by atoms with Gasteiger partial charge in [0.1, 0.15) is 4.90 Å². The Kier molecular flexibility index (Phi) is 3.11. The van der Waals surface area contributed by atoms with Crippen LogP contribution < -0.4 is 10.0 Å². The molecule has 0 unspecified atom stereocenters. The van der Waals surface area contributed by atoms with Crippen LogP contribution in [0.2, 0.25) is 0 Å². The van der Waals surface area contributed by atoms with Gasteiger partial charge in [-0.15, -0.1) is 0 Å². The van der Waals surface area contributed by atoms with Gasteiger partial charge in [-0.2, -0.15) is 0 Å². The van der Waals surface area contributed by atoms with E-state index in [4.69, 9.17) is 0 Å². The minimum Gasteiger partial charge on any atom is -0.313 e. The first kappa shape index (κ1) is 12.3. The Hall–Kier alpha value is -1.12. The van der Waals surface area contributed by atoms with Crippen LogP contribution in [0.5, 0.6) is 0 Å². The monoisotopic (exact) mass is 266 g/mol. The largest absolute Gasteiger partial charge is 0.313 e. The molecule has 1 heterocycles. The van der Waals surface area contributed by atoms with E-state index in [-0.39, 0.29) is 6.04 Å². The molecule has 0 aliphatic carbocycles. The van der Waals surface area contributed by atoms with Crippen LogP contribution in [0.3, 0.4) is 0 Å². The Bertz CT molecular complexity index is 543. The van der Waals surface area contributed by atoms with Crippen molar-refractivity contribution in [2.75, 3.05) is 13.1 Å². The molecule has 17 heavy (non-hydrogen) atoms. The number of sulfonamides is 1. The summed E-state index contributed by atoms with van der Waals surface area (Å²) < 4.78 is 64.3. The zero-order chi connectivity index (χ0) is 12.6. The van der Waals surface area contributed by atoms with E-state index in [1.54, 1.807) is 0 Å². The second kappa shape index (κ2) is 4.28. The number of nitrogens with one attached hydrogen (secondary N) is 2. The predicted octanol–water partition coefficient (Wildman–Crippen LogP) is 0.354. The molecular formula is C9H9F3N2O2S. The molecule has 1 fully saturated rings. The lowest BCUT2D eigenvalue weighted by Crippen LogP contribution is -2.56. The van der Waals surface area contributed by atoms with Crippen LogP contribution in [0.4, 0.5) is 13.2 Å². The lowest BCUT2D eigenvalue weighted by molar-refractivity contribution is 0.405. The highest BCUT2D eigenvalue weighted by atomic mass is 32.2. The predicted molar refractivity (Wildman–Crippen MR) is 53.3 cm³/mol. The van der Waals surface area contributed by atoms with Crippen LogP contribution in [0.15, 0.2) is 17.0 Å². The maximum Gasteiger partial charge on any atom is 0.243 e. The quantitative estimate of drug-likeness (QED) is 0.776. The summed E-state index contributed by atoms with van der Waals surface area (Å²) in [5.41, 5.74) is 0. The SMILES string of the molecule is O=S(=O)(NC1CNC1)c1ccc(F)c(F)c1F. The van der Waals surface area contributed by atoms with Gasteiger partial charge in [-0.05, 0) is 12.1 Å². The van der Waals surface area contributed by atoms with Crippen LogP contribution in [-0.4, -0.2) is 27.5 Å². The minimum absolute atomic E-state index is 0.354. The van der Waals surface area contributed by atoms with Gasteiger partial charge in [0.15, 0.2) is 17.5 Å². The fourth-order valence-corrected chi connectivity index (χ4v) is 2.68. The molecular weight excluding hydrogens is 257 g/mol. The summed E-state index contributed by atoms with van der Waals surface area (Å²) in [6.45, 7) is 0.842. The summed E-state index contributed by atoms with van der Waals surface area (Å²) in [7, 11) is -4.16. The summed E-state index contributed by atoms with van der Waals surface area (Å²) in [5, 5.41) is 2.82. The third-order valence-electron chi connectivity index (χ3n) is 2.39. The van der Waals surface area contributed by atoms with Crippen molar-refractivity contribution in [1.82, 2.24) is 10.0 Å². The van der Waals surface area contributed by atoms with E-state index in [1.807, 2.05) is 0 Å². The maximum absolute atomic E-state index is 13.3. The van der Waals surface area contributed by atoms with Gasteiger partial charge < -0.3 is 5.32 Å². The molecule has 0 amide bonds. The minimum atomic E-state index is -4.16. The molecule has 2 rings (SSSR count). The number of hydrogen-bond acceptors (Lipinski definition) is 3. The van der Waals surface area contributed by atoms with Crippen molar-refractivity contribution in [3.63, 3.8) is 0 Å². The van der Waals surface area contributed by atoms with Crippen LogP contribution in [0, 0.1) is 17.5 Å². The first-order valence-electron chi connectivity index (χ1n) is 4.78. The molecule has 0 radical (unpaired) electrons. The third kappa shape index (κ3) is 2.28. The van der Waals surface area contributed by atoms with Crippen molar-refractivity contribution in [2.24, 2.45) is 0 Å². The summed E-state index contributed by atoms with van der Waals surface area (Å²) in [6.07, 6.45) is 0. The molecule has 0 bridgehead atoms. The molecule has 0 spiro atoms. The van der Waals surface area contributed by atoms with E-state index in [9.17, 15) is 21.6 Å². The molecule has 1 aromatic carbocycles. The van der Waals surface area contributed by atoms with E-state index in [0.717, 1.165) is 0 Å². The molecule has 1 aliphatic heterocycles. The summed E-state index contributed by atoms with van der Waals surface area (Å²) >= 11 is 0. The second-order valence-corrected chi connectivity index (χ2v) is 5.33. The lowest BCUT2D eigenvalue weighted by atomic mass is 10.2. The standard InChI is InChI=1S/C9H9F3N2O2S/c10-6-1-2-7(9(12)8(6)11)17(15,16)14-5-3-13-4-5/h1-2,5,13-14H,3-4H2. The van der Waals surface area contributed by atoms with Gasteiger partial charge in [-0.3, -0.25) is 0 Å². The summed E-state index contributed by atoms with van der Waals surface area (Å²) in [6, 6.07) is 0.918. The highest BCUT2D eigenvalue weighted by Gasteiger charge is 2.28. The Morgan fingerprint density at radius 3 is 2.35 bits per heavy atom. The molecule has 2 N–H and O–H groups in total. The van der Waals surface area contributed by atoms with E-state index in [2.05, 4.69) is 10.0 Å². The summed E-state index contributed by atoms with van der Waals surface area (Å²) in [4.78, 5) is -0.886. The van der Waals surface area contributed by atoms with Crippen LogP contribution in [0.25, 0.3) is 0 Å². The molecule has 94 valence electrons. The smallest absolute Gasteiger partial charge is 0.243 e. The number of hydrogen-bond donors (Lipinski definition) is 2. The van der Waals surface area contributed by atoms with Gasteiger partial charge in [-0.1, -0.05) is 0 Å². The zero-order valence-electron chi connectivity index (χ0n) is 8.50. The molecule has 0 aromatic heterocycles. The van der Waals surface area contributed by atoms with E-state index >= 15 is 0 Å². The molecule has 8 heteroatoms. The van der Waals surface area contributed by atoms with Gasteiger partial charge >= 0.3 is 0 Å². The van der Waals surface area contributed by atoms with Gasteiger partial charge in [0.05, 0.1) is 0 Å². The van der Waals surface area contributed by atoms with E-state index in [1.165, 1.54) is 0 Å². The van der Waals surface area contributed by atoms with Crippen LogP contribution in [0.1, 0.15) is 0 Å². The Balaban J connectivity index is 2.35. The molecule has 1 aliphatic rings. The van der Waals surface area contributed by atoms with Gasteiger partial charge in [-0.25, -0.2) is 26.3 Å². The second-order valence-electron chi connectivity index (χ2n) is 3.65. The normalized spacial score (nSPS) is 16.9. The highest BCUT2D eigenvalue weighted by Crippen LogP contribution is 2.19. The average Bonchev–Trinajstić information content (AvgIpc) is 2.20. The molecule has 1 saturated heterocycles. The fraction of sp³-hybridized carbons (Fsp3) is 0.333. The van der Waals surface area contributed by atoms with Crippen molar-refractivity contribution in [2.45, 2.75) is 10.9 Å². The number of halogens is 3. The molecule has 0 atom stereocenters. The van der Waals surface area contributed by atoms with Gasteiger partial charge in [0.25, 0.3) is 0 Å². The van der Waals surface area contributed by atoms with Crippen molar-refractivity contribution < 1.29 is 21.6 Å². The van der Waals surface area contributed by atoms with E-state index in [0.29, 0.717) is 25.2 Å². The lowest BCUT2D eigenvalue weighted by Gasteiger charge is -2.27. The Morgan fingerprint density at radius 1 is 1.18 bits per heavy atom. The highest BCUT2D eigenvalue weighted by molar-refractivity contribution is 7.89. The van der Waals surface area contributed by atoms with Crippen molar-refractivity contribution >= 4 is 10.0 Å². The number of rotatable bonds is 3. The van der Waals surface area contributed by atoms with Crippen molar-refractivity contribution in [1.29, 1.82) is 0 Å². The van der Waals surface area contributed by atoms with Crippen LogP contribution >= 0.6 is 0 Å². The zero-order valence-corrected chi connectivity index (χ0v) is 9.32. The fourth-order valence-electron chi connectivity index (χ4n) is 1.37. The molecule has 4 nitrogen and oxygen atoms in total. The van der Waals surface area contributed by atoms with Gasteiger partial charge in [0.2, 0.25) is 10.0 Å². The van der Waals surface area contributed by atoms with Crippen molar-refractivity contribution in [3.05, 3.63) is 29.6 Å². The van der Waals surface area contributed by atoms with Gasteiger partial charge in [0, 0.05) is 19.1 Å². The maximum atomic E-state index is 13.3. The first-order valence-corrected chi connectivity index (χ1v) is 6.26. The third-order valence-corrected chi connectivity index (χ3v) is 3.93. The number of benzene rings is 1. The summed E-state index contributed by atoms with van der Waals surface area (Å²) in [5.74, 6) is -4.92. The molecule has 1 aromatic rings. The molecule has 0 saturated carbocycles. The first-order chi connectivity index (χ1) is 7.92. The Morgan fingerprint density at radius 2 is 1.82 bits per heavy atom. The van der Waals surface area contributed by atoms with E-state index < -0.39 is 32.4 Å². The topological polar surface area (TPSA) is 58.2 Å². The van der Waals surface area contributed by atoms with Crippen molar-refractivity contribution in [3.8, 4) is 0 Å². The Labute approximate surface area is 95.9 Å². The van der Waals surface area contributed by atoms with Crippen LogP contribution in [-0.2, 0) is 10.0 Å².